The Hall–Kier alpha value is -2.83. The van der Waals surface area contributed by atoms with E-state index in [1.54, 1.807) is 30.3 Å². The maximum absolute atomic E-state index is 12.4. The molecule has 0 aliphatic rings. The molecular weight excluding hydrogens is 260 g/mol. The molecule has 0 radical (unpaired) electrons. The average molecular weight is 272 g/mol. The van der Waals surface area contributed by atoms with Crippen LogP contribution in [0.5, 0.6) is 0 Å². The number of aromatic nitrogens is 2. The van der Waals surface area contributed by atoms with E-state index in [2.05, 4.69) is 14.9 Å². The summed E-state index contributed by atoms with van der Waals surface area (Å²) < 4.78 is 4.39. The van der Waals surface area contributed by atoms with Gasteiger partial charge < -0.3 is 11.1 Å². The molecule has 0 aliphatic heterocycles. The summed E-state index contributed by atoms with van der Waals surface area (Å²) in [7, 11) is 0. The van der Waals surface area contributed by atoms with Gasteiger partial charge in [-0.15, -0.1) is 0 Å². The summed E-state index contributed by atoms with van der Waals surface area (Å²) in [6.07, 6.45) is 0. The lowest BCUT2D eigenvalue weighted by molar-refractivity contribution is -0.117. The van der Waals surface area contributed by atoms with Crippen LogP contribution < -0.4 is 5.73 Å². The number of carbonyl (C=O) groups is 2. The van der Waals surface area contributed by atoms with Crippen LogP contribution in [-0.2, 0) is 4.79 Å². The van der Waals surface area contributed by atoms with Gasteiger partial charge in [-0.25, -0.2) is 4.63 Å². The molecule has 0 fully saturated rings. The molecule has 0 unspecified atom stereocenters. The van der Waals surface area contributed by atoms with E-state index in [0.717, 1.165) is 0 Å². The first kappa shape index (κ1) is 13.6. The third kappa shape index (κ3) is 2.46. The van der Waals surface area contributed by atoms with Gasteiger partial charge in [-0.2, -0.15) is 0 Å². The van der Waals surface area contributed by atoms with Crippen LogP contribution in [0.1, 0.15) is 23.0 Å². The highest BCUT2D eigenvalue weighted by molar-refractivity contribution is 6.28. The van der Waals surface area contributed by atoms with Crippen molar-refractivity contribution in [1.82, 2.24) is 10.3 Å². The minimum absolute atomic E-state index is 0.0884. The fourth-order valence-corrected chi connectivity index (χ4v) is 1.81. The van der Waals surface area contributed by atoms with E-state index in [1.807, 2.05) is 0 Å². The first-order chi connectivity index (χ1) is 9.52. The second kappa shape index (κ2) is 5.43. The van der Waals surface area contributed by atoms with Crippen molar-refractivity contribution in [3.05, 3.63) is 41.6 Å². The topological polar surface area (TPSA) is 123 Å². The van der Waals surface area contributed by atoms with Gasteiger partial charge in [0.1, 0.15) is 11.7 Å². The Balaban J connectivity index is 2.38. The standard InChI is InChI=1S/C13H12N4O3/c1-7(18)9(10(14)11-13(15)17-20-16-11)12(19)8-5-3-2-4-6-8/h2-6,9,14H,1H3,(H2,15,17)/t9-/m0/s1. The van der Waals surface area contributed by atoms with Gasteiger partial charge in [0.25, 0.3) is 0 Å². The van der Waals surface area contributed by atoms with Crippen molar-refractivity contribution in [2.75, 3.05) is 5.73 Å². The van der Waals surface area contributed by atoms with E-state index in [-0.39, 0.29) is 17.2 Å². The van der Waals surface area contributed by atoms with Crippen molar-refractivity contribution in [2.24, 2.45) is 5.92 Å². The third-order valence-corrected chi connectivity index (χ3v) is 2.78. The van der Waals surface area contributed by atoms with E-state index < -0.39 is 17.5 Å². The molecule has 1 atom stereocenters. The van der Waals surface area contributed by atoms with E-state index in [1.165, 1.54) is 6.92 Å². The molecule has 0 bridgehead atoms. The molecule has 2 rings (SSSR count). The molecule has 0 spiro atoms. The van der Waals surface area contributed by atoms with Gasteiger partial charge in [0.15, 0.2) is 17.3 Å². The van der Waals surface area contributed by atoms with Crippen molar-refractivity contribution in [2.45, 2.75) is 6.92 Å². The number of ketones is 2. The van der Waals surface area contributed by atoms with Crippen LogP contribution in [0.2, 0.25) is 0 Å². The fourth-order valence-electron chi connectivity index (χ4n) is 1.81. The van der Waals surface area contributed by atoms with E-state index in [0.29, 0.717) is 5.56 Å². The molecule has 2 aromatic rings. The summed E-state index contributed by atoms with van der Waals surface area (Å²) in [6.45, 7) is 1.24. The second-order valence-electron chi connectivity index (χ2n) is 4.19. The lowest BCUT2D eigenvalue weighted by Gasteiger charge is -2.12. The smallest absolute Gasteiger partial charge is 0.197 e. The Morgan fingerprint density at radius 3 is 2.40 bits per heavy atom. The molecule has 0 aliphatic carbocycles. The first-order valence-electron chi connectivity index (χ1n) is 5.79. The highest BCUT2D eigenvalue weighted by Crippen LogP contribution is 2.17. The molecule has 1 heterocycles. The SMILES string of the molecule is CC(=O)[C@@H](C(=N)c1nonc1N)C(=O)c1ccccc1. The number of nitrogens with one attached hydrogen (secondary N) is 1. The molecular formula is C13H12N4O3. The predicted molar refractivity (Wildman–Crippen MR) is 70.5 cm³/mol. The minimum atomic E-state index is -1.27. The molecule has 20 heavy (non-hydrogen) atoms. The average Bonchev–Trinajstić information content (AvgIpc) is 2.85. The zero-order chi connectivity index (χ0) is 14.7. The molecule has 102 valence electrons. The van der Waals surface area contributed by atoms with E-state index >= 15 is 0 Å². The van der Waals surface area contributed by atoms with Crippen LogP contribution in [0.4, 0.5) is 5.82 Å². The number of nitrogens with zero attached hydrogens (tertiary/aromatic N) is 2. The monoisotopic (exact) mass is 272 g/mol. The number of rotatable bonds is 5. The van der Waals surface area contributed by atoms with Crippen molar-refractivity contribution < 1.29 is 14.2 Å². The molecule has 0 amide bonds. The van der Waals surface area contributed by atoms with Crippen molar-refractivity contribution in [3.8, 4) is 0 Å². The maximum Gasteiger partial charge on any atom is 0.197 e. The Morgan fingerprint density at radius 1 is 1.25 bits per heavy atom. The Labute approximate surface area is 114 Å². The predicted octanol–water partition coefficient (Wildman–Crippen LogP) is 1.11. The molecule has 1 aromatic carbocycles. The van der Waals surface area contributed by atoms with Crippen LogP contribution in [0.25, 0.3) is 0 Å². The Morgan fingerprint density at radius 2 is 1.90 bits per heavy atom. The molecule has 7 nitrogen and oxygen atoms in total. The van der Waals surface area contributed by atoms with Gasteiger partial charge in [0.2, 0.25) is 0 Å². The number of hydrogen-bond acceptors (Lipinski definition) is 7. The van der Waals surface area contributed by atoms with Crippen LogP contribution in [0.15, 0.2) is 35.0 Å². The van der Waals surface area contributed by atoms with Crippen LogP contribution >= 0.6 is 0 Å². The van der Waals surface area contributed by atoms with Crippen LogP contribution in [-0.4, -0.2) is 27.6 Å². The van der Waals surface area contributed by atoms with Gasteiger partial charge in [-0.1, -0.05) is 30.3 Å². The van der Waals surface area contributed by atoms with Gasteiger partial charge in [0.05, 0.1) is 5.71 Å². The van der Waals surface area contributed by atoms with Crippen molar-refractivity contribution in [3.63, 3.8) is 0 Å². The van der Waals surface area contributed by atoms with E-state index in [4.69, 9.17) is 11.1 Å². The van der Waals surface area contributed by atoms with E-state index in [9.17, 15) is 9.59 Å². The summed E-state index contributed by atoms with van der Waals surface area (Å²) in [5, 5.41) is 14.8. The zero-order valence-corrected chi connectivity index (χ0v) is 10.7. The summed E-state index contributed by atoms with van der Waals surface area (Å²) >= 11 is 0. The highest BCUT2D eigenvalue weighted by Gasteiger charge is 2.32. The summed E-state index contributed by atoms with van der Waals surface area (Å²) in [6, 6.07) is 8.27. The second-order valence-corrected chi connectivity index (χ2v) is 4.19. The minimum Gasteiger partial charge on any atom is -0.379 e. The van der Waals surface area contributed by atoms with Crippen molar-refractivity contribution in [1.29, 1.82) is 5.41 Å². The summed E-state index contributed by atoms with van der Waals surface area (Å²) in [4.78, 5) is 24.1. The number of hydrogen-bond donors (Lipinski definition) is 2. The van der Waals surface area contributed by atoms with Gasteiger partial charge in [-0.3, -0.25) is 9.59 Å². The first-order valence-corrected chi connectivity index (χ1v) is 5.79. The summed E-state index contributed by atoms with van der Waals surface area (Å²) in [5.41, 5.74) is 5.42. The van der Waals surface area contributed by atoms with Crippen molar-refractivity contribution >= 4 is 23.1 Å². The lowest BCUT2D eigenvalue weighted by atomic mass is 9.88. The highest BCUT2D eigenvalue weighted by atomic mass is 16.6. The molecule has 3 N–H and O–H groups in total. The fraction of sp³-hybridized carbons (Fsp3) is 0.154. The zero-order valence-electron chi connectivity index (χ0n) is 10.7. The lowest BCUT2D eigenvalue weighted by Crippen LogP contribution is -2.31. The molecule has 0 saturated carbocycles. The number of nitrogen functional groups attached to an aromatic ring is 1. The third-order valence-electron chi connectivity index (χ3n) is 2.78. The van der Waals surface area contributed by atoms with Gasteiger partial charge in [0, 0.05) is 5.56 Å². The number of anilines is 1. The van der Waals surface area contributed by atoms with Crippen LogP contribution in [0, 0.1) is 11.3 Å². The quantitative estimate of drug-likeness (QED) is 0.477. The normalized spacial score (nSPS) is 11.8. The number of carbonyl (C=O) groups excluding carboxylic acids is 2. The number of Topliss-reactive ketones (excluding diaryl/α,β-unsaturated/α-hetero) is 2. The van der Waals surface area contributed by atoms with Gasteiger partial charge >= 0.3 is 0 Å². The van der Waals surface area contributed by atoms with Crippen LogP contribution in [0.3, 0.4) is 0 Å². The maximum atomic E-state index is 12.4. The molecule has 0 saturated heterocycles. The Bertz CT molecular complexity index is 663. The molecule has 7 heteroatoms. The van der Waals surface area contributed by atoms with Gasteiger partial charge in [-0.05, 0) is 17.2 Å². The number of nitrogens with two attached hydrogens (primary N) is 1. The largest absolute Gasteiger partial charge is 0.379 e. The Kier molecular flexibility index (Phi) is 3.69. The molecule has 1 aromatic heterocycles. The summed E-state index contributed by atoms with van der Waals surface area (Å²) in [5.74, 6) is -2.34. The number of benzene rings is 1.